The fourth-order valence-corrected chi connectivity index (χ4v) is 1.42. The van der Waals surface area contributed by atoms with Crippen LogP contribution in [0.3, 0.4) is 0 Å². The predicted octanol–water partition coefficient (Wildman–Crippen LogP) is 0.912. The Bertz CT molecular complexity index is 320. The molecule has 2 heterocycles. The second kappa shape index (κ2) is 3.12. The van der Waals surface area contributed by atoms with Crippen molar-refractivity contribution in [3.8, 4) is 0 Å². The molecule has 0 atom stereocenters. The molecule has 0 bridgehead atoms. The van der Waals surface area contributed by atoms with Crippen molar-refractivity contribution in [3.63, 3.8) is 0 Å². The molecule has 2 rings (SSSR count). The highest BCUT2D eigenvalue weighted by molar-refractivity contribution is 5.94. The van der Waals surface area contributed by atoms with Gasteiger partial charge in [0.1, 0.15) is 0 Å². The largest absolute Gasteiger partial charge is 0.296 e. The summed E-state index contributed by atoms with van der Waals surface area (Å²) in [5.74, 6) is 0.825. The number of amides is 1. The summed E-state index contributed by atoms with van der Waals surface area (Å²) in [6, 6.07) is 0. The summed E-state index contributed by atoms with van der Waals surface area (Å²) >= 11 is 0. The molecule has 1 aliphatic rings. The van der Waals surface area contributed by atoms with Crippen LogP contribution in [0, 0.1) is 6.92 Å². The topological polar surface area (TPSA) is 46.1 Å². The van der Waals surface area contributed by atoms with Gasteiger partial charge in [0.25, 0.3) is 0 Å². The van der Waals surface area contributed by atoms with Crippen molar-refractivity contribution >= 4 is 11.7 Å². The molecule has 0 spiro atoms. The van der Waals surface area contributed by atoms with E-state index in [1.165, 1.54) is 0 Å². The van der Waals surface area contributed by atoms with Crippen LogP contribution in [-0.2, 0) is 4.79 Å². The third-order valence-corrected chi connectivity index (χ3v) is 2.12. The summed E-state index contributed by atoms with van der Waals surface area (Å²) in [6.45, 7) is 2.65. The number of hydrogen-bond acceptors (Lipinski definition) is 3. The van der Waals surface area contributed by atoms with Gasteiger partial charge in [-0.15, -0.1) is 0 Å². The van der Waals surface area contributed by atoms with E-state index in [0.717, 1.165) is 18.7 Å². The molecule has 1 fully saturated rings. The maximum absolute atomic E-state index is 11.3. The number of carbonyl (C=O) groups excluding carboxylic acids is 1. The minimum atomic E-state index is 0.151. The van der Waals surface area contributed by atoms with Crippen LogP contribution in [-0.4, -0.2) is 22.4 Å². The third-order valence-electron chi connectivity index (χ3n) is 2.12. The zero-order chi connectivity index (χ0) is 9.26. The highest BCUT2D eigenvalue weighted by Crippen LogP contribution is 2.17. The molecule has 0 N–H and O–H groups in total. The van der Waals surface area contributed by atoms with Crippen LogP contribution in [0.2, 0.25) is 0 Å². The fraction of sp³-hybridized carbons (Fsp3) is 0.444. The predicted molar refractivity (Wildman–Crippen MR) is 48.4 cm³/mol. The van der Waals surface area contributed by atoms with E-state index >= 15 is 0 Å². The van der Waals surface area contributed by atoms with Crippen molar-refractivity contribution in [3.05, 3.63) is 18.1 Å². The summed E-state index contributed by atoms with van der Waals surface area (Å²) in [4.78, 5) is 21.3. The van der Waals surface area contributed by atoms with Gasteiger partial charge in [0.2, 0.25) is 5.91 Å². The van der Waals surface area contributed by atoms with Crippen LogP contribution in [0.1, 0.15) is 18.5 Å². The summed E-state index contributed by atoms with van der Waals surface area (Å²) in [5.41, 5.74) is 0.871. The van der Waals surface area contributed by atoms with Crippen LogP contribution in [0.15, 0.2) is 12.4 Å². The molecule has 1 amide bonds. The maximum Gasteiger partial charge on any atom is 0.228 e. The van der Waals surface area contributed by atoms with Crippen molar-refractivity contribution in [2.75, 3.05) is 11.4 Å². The van der Waals surface area contributed by atoms with Crippen molar-refractivity contribution in [1.29, 1.82) is 0 Å². The number of aromatic nitrogens is 2. The molecular weight excluding hydrogens is 166 g/mol. The lowest BCUT2D eigenvalue weighted by Crippen LogP contribution is -2.24. The summed E-state index contributed by atoms with van der Waals surface area (Å²) in [7, 11) is 0. The number of aryl methyl sites for hydroxylation is 1. The van der Waals surface area contributed by atoms with Crippen LogP contribution in [0.4, 0.5) is 5.82 Å². The summed E-state index contributed by atoms with van der Waals surface area (Å²) in [6.07, 6.45) is 4.89. The first-order valence-electron chi connectivity index (χ1n) is 4.36. The van der Waals surface area contributed by atoms with Gasteiger partial charge >= 0.3 is 0 Å². The molecule has 0 radical (unpaired) electrons. The molecule has 1 aromatic rings. The molecule has 0 saturated carbocycles. The van der Waals surface area contributed by atoms with E-state index in [1.54, 1.807) is 17.3 Å². The summed E-state index contributed by atoms with van der Waals surface area (Å²) in [5, 5.41) is 0. The number of nitrogens with zero attached hydrogens (tertiary/aromatic N) is 3. The Balaban J connectivity index is 2.25. The van der Waals surface area contributed by atoms with Gasteiger partial charge in [-0.25, -0.2) is 4.98 Å². The number of hydrogen-bond donors (Lipinski definition) is 0. The molecule has 0 aromatic carbocycles. The number of rotatable bonds is 1. The first-order chi connectivity index (χ1) is 6.27. The Labute approximate surface area is 76.6 Å². The minimum Gasteiger partial charge on any atom is -0.296 e. The first-order valence-corrected chi connectivity index (χ1v) is 4.36. The van der Waals surface area contributed by atoms with Crippen molar-refractivity contribution in [2.45, 2.75) is 19.8 Å². The first kappa shape index (κ1) is 8.16. The minimum absolute atomic E-state index is 0.151. The van der Waals surface area contributed by atoms with Crippen LogP contribution in [0.5, 0.6) is 0 Å². The lowest BCUT2D eigenvalue weighted by molar-refractivity contribution is -0.117. The van der Waals surface area contributed by atoms with Gasteiger partial charge in [-0.05, 0) is 13.3 Å². The number of carbonyl (C=O) groups is 1. The quantitative estimate of drug-likeness (QED) is 0.640. The molecular formula is C9H11N3O. The van der Waals surface area contributed by atoms with Gasteiger partial charge in [-0.1, -0.05) is 0 Å². The lowest BCUT2D eigenvalue weighted by Gasteiger charge is -2.13. The Morgan fingerprint density at radius 1 is 1.38 bits per heavy atom. The Morgan fingerprint density at radius 2 is 2.23 bits per heavy atom. The molecule has 68 valence electrons. The molecule has 1 aromatic heterocycles. The maximum atomic E-state index is 11.3. The summed E-state index contributed by atoms with van der Waals surface area (Å²) < 4.78 is 0. The van der Waals surface area contributed by atoms with Crippen LogP contribution < -0.4 is 4.90 Å². The van der Waals surface area contributed by atoms with Crippen LogP contribution in [0.25, 0.3) is 0 Å². The van der Waals surface area contributed by atoms with E-state index in [1.807, 2.05) is 6.92 Å². The van der Waals surface area contributed by atoms with E-state index < -0.39 is 0 Å². The zero-order valence-corrected chi connectivity index (χ0v) is 7.53. The van der Waals surface area contributed by atoms with E-state index in [9.17, 15) is 4.79 Å². The van der Waals surface area contributed by atoms with Gasteiger partial charge in [-0.3, -0.25) is 14.7 Å². The standard InChI is InChI=1S/C9H11N3O/c1-7-5-11-8(6-10-7)12-4-2-3-9(12)13/h5-6H,2-4H2,1H3. The molecule has 1 saturated heterocycles. The monoisotopic (exact) mass is 177 g/mol. The van der Waals surface area contributed by atoms with Crippen LogP contribution >= 0.6 is 0 Å². The molecule has 4 nitrogen and oxygen atoms in total. The van der Waals surface area contributed by atoms with Crippen molar-refractivity contribution in [2.24, 2.45) is 0 Å². The second-order valence-electron chi connectivity index (χ2n) is 3.16. The lowest BCUT2D eigenvalue weighted by atomic mass is 10.4. The van der Waals surface area contributed by atoms with E-state index in [4.69, 9.17) is 0 Å². The fourth-order valence-electron chi connectivity index (χ4n) is 1.42. The van der Waals surface area contributed by atoms with Gasteiger partial charge in [0, 0.05) is 13.0 Å². The van der Waals surface area contributed by atoms with E-state index in [2.05, 4.69) is 9.97 Å². The van der Waals surface area contributed by atoms with E-state index in [0.29, 0.717) is 12.2 Å². The van der Waals surface area contributed by atoms with Gasteiger partial charge in [-0.2, -0.15) is 0 Å². The molecule has 0 unspecified atom stereocenters. The SMILES string of the molecule is Cc1cnc(N2CCCC2=O)cn1. The number of anilines is 1. The van der Waals surface area contributed by atoms with Gasteiger partial charge < -0.3 is 0 Å². The highest BCUT2D eigenvalue weighted by Gasteiger charge is 2.22. The highest BCUT2D eigenvalue weighted by atomic mass is 16.2. The van der Waals surface area contributed by atoms with E-state index in [-0.39, 0.29) is 5.91 Å². The third kappa shape index (κ3) is 1.52. The zero-order valence-electron chi connectivity index (χ0n) is 7.53. The average molecular weight is 177 g/mol. The normalized spacial score (nSPS) is 16.7. The molecule has 13 heavy (non-hydrogen) atoms. The van der Waals surface area contributed by atoms with Crippen molar-refractivity contribution in [1.82, 2.24) is 9.97 Å². The smallest absolute Gasteiger partial charge is 0.228 e. The van der Waals surface area contributed by atoms with Gasteiger partial charge in [0.05, 0.1) is 18.1 Å². The molecule has 1 aliphatic heterocycles. The molecule has 0 aliphatic carbocycles. The van der Waals surface area contributed by atoms with Gasteiger partial charge in [0.15, 0.2) is 5.82 Å². The Kier molecular flexibility index (Phi) is 1.96. The molecule has 4 heteroatoms. The second-order valence-corrected chi connectivity index (χ2v) is 3.16. The average Bonchev–Trinajstić information content (AvgIpc) is 2.53. The Morgan fingerprint density at radius 3 is 2.77 bits per heavy atom. The Hall–Kier alpha value is -1.45. The van der Waals surface area contributed by atoms with Crippen molar-refractivity contribution < 1.29 is 4.79 Å².